The van der Waals surface area contributed by atoms with Crippen molar-refractivity contribution in [3.05, 3.63) is 35.4 Å². The third-order valence-corrected chi connectivity index (χ3v) is 5.02. The van der Waals surface area contributed by atoms with Crippen LogP contribution in [0, 0.1) is 0 Å². The van der Waals surface area contributed by atoms with E-state index in [0.717, 1.165) is 16.7 Å². The Morgan fingerprint density at radius 2 is 1.71 bits per heavy atom. The van der Waals surface area contributed by atoms with E-state index in [-0.39, 0.29) is 30.0 Å². The highest BCUT2D eigenvalue weighted by molar-refractivity contribution is 7.90. The average molecular weight is 352 g/mol. The van der Waals surface area contributed by atoms with Crippen LogP contribution in [0.4, 0.5) is 4.79 Å². The highest BCUT2D eigenvalue weighted by Gasteiger charge is 2.37. The predicted octanol–water partition coefficient (Wildman–Crippen LogP) is 1.84. The van der Waals surface area contributed by atoms with Crippen LogP contribution < -0.4 is 5.32 Å². The Morgan fingerprint density at radius 3 is 2.21 bits per heavy atom. The first-order chi connectivity index (χ1) is 11.0. The van der Waals surface area contributed by atoms with Gasteiger partial charge in [0.1, 0.15) is 15.9 Å². The normalized spacial score (nSPS) is 18.8. The third-order valence-electron chi connectivity index (χ3n) is 4.04. The molecule has 3 amide bonds. The molecule has 2 rings (SSSR count). The molecule has 1 N–H and O–H groups in total. The molecule has 1 aromatic rings. The number of carbonyl (C=O) groups is 2. The smallest absolute Gasteiger partial charge is 0.325 e. The summed E-state index contributed by atoms with van der Waals surface area (Å²) >= 11 is 0. The Kier molecular flexibility index (Phi) is 5.03. The standard InChI is InChI=1S/C17H24N2O4S/c1-17(2,3)13-7-5-12(6-8-13)11-19-15(20)14(18-16(19)21)9-10-24(4,22)23/h5-8,14H,9-11H2,1-4H3,(H,18,21). The van der Waals surface area contributed by atoms with Crippen molar-refractivity contribution >= 4 is 21.8 Å². The number of hydrogen-bond acceptors (Lipinski definition) is 4. The topological polar surface area (TPSA) is 83.6 Å². The molecule has 0 aliphatic carbocycles. The first kappa shape index (κ1) is 18.4. The molecule has 1 unspecified atom stereocenters. The number of carbonyl (C=O) groups excluding carboxylic acids is 2. The SMILES string of the molecule is CC(C)(C)c1ccc(CN2C(=O)NC(CCS(C)(=O)=O)C2=O)cc1. The van der Waals surface area contributed by atoms with Crippen molar-refractivity contribution in [1.82, 2.24) is 10.2 Å². The van der Waals surface area contributed by atoms with E-state index in [1.54, 1.807) is 0 Å². The zero-order valence-electron chi connectivity index (χ0n) is 14.5. The molecule has 1 saturated heterocycles. The summed E-state index contributed by atoms with van der Waals surface area (Å²) in [6.07, 6.45) is 1.21. The first-order valence-corrected chi connectivity index (χ1v) is 9.92. The number of nitrogens with one attached hydrogen (secondary N) is 1. The number of sulfone groups is 1. The maximum absolute atomic E-state index is 12.3. The van der Waals surface area contributed by atoms with Gasteiger partial charge in [-0.2, -0.15) is 0 Å². The van der Waals surface area contributed by atoms with Crippen molar-refractivity contribution in [2.45, 2.75) is 45.2 Å². The molecule has 1 heterocycles. The zero-order chi connectivity index (χ0) is 18.1. The number of nitrogens with zero attached hydrogens (tertiary/aromatic N) is 1. The number of rotatable bonds is 5. The van der Waals surface area contributed by atoms with Crippen LogP contribution in [0.1, 0.15) is 38.3 Å². The highest BCUT2D eigenvalue weighted by atomic mass is 32.2. The third kappa shape index (κ3) is 4.56. The fraction of sp³-hybridized carbons (Fsp3) is 0.529. The van der Waals surface area contributed by atoms with E-state index in [4.69, 9.17) is 0 Å². The molecule has 1 atom stereocenters. The van der Waals surface area contributed by atoms with E-state index in [0.29, 0.717) is 0 Å². The second-order valence-corrected chi connectivity index (χ2v) is 9.55. The van der Waals surface area contributed by atoms with Gasteiger partial charge in [0.05, 0.1) is 12.3 Å². The lowest BCUT2D eigenvalue weighted by Crippen LogP contribution is -2.32. The van der Waals surface area contributed by atoms with Crippen molar-refractivity contribution in [3.63, 3.8) is 0 Å². The van der Waals surface area contributed by atoms with Gasteiger partial charge in [-0.25, -0.2) is 13.2 Å². The molecule has 1 aliphatic rings. The summed E-state index contributed by atoms with van der Waals surface area (Å²) in [4.78, 5) is 25.4. The fourth-order valence-corrected chi connectivity index (χ4v) is 3.21. The summed E-state index contributed by atoms with van der Waals surface area (Å²) in [6.45, 7) is 6.54. The Morgan fingerprint density at radius 1 is 1.12 bits per heavy atom. The summed E-state index contributed by atoms with van der Waals surface area (Å²) < 4.78 is 22.4. The van der Waals surface area contributed by atoms with Crippen LogP contribution in [0.15, 0.2) is 24.3 Å². The monoisotopic (exact) mass is 352 g/mol. The molecular formula is C17H24N2O4S. The van der Waals surface area contributed by atoms with Crippen LogP contribution in [0.25, 0.3) is 0 Å². The van der Waals surface area contributed by atoms with E-state index in [2.05, 4.69) is 26.1 Å². The fourth-order valence-electron chi connectivity index (χ4n) is 2.55. The first-order valence-electron chi connectivity index (χ1n) is 7.86. The van der Waals surface area contributed by atoms with Crippen LogP contribution in [-0.2, 0) is 26.6 Å². The Bertz CT molecular complexity index is 733. The molecular weight excluding hydrogens is 328 g/mol. The van der Waals surface area contributed by atoms with Crippen LogP contribution >= 0.6 is 0 Å². The van der Waals surface area contributed by atoms with E-state index in [1.807, 2.05) is 24.3 Å². The summed E-state index contributed by atoms with van der Waals surface area (Å²) in [5.41, 5.74) is 2.07. The molecule has 7 heteroatoms. The van der Waals surface area contributed by atoms with Gasteiger partial charge in [0.25, 0.3) is 5.91 Å². The molecule has 1 fully saturated rings. The number of amides is 3. The lowest BCUT2D eigenvalue weighted by Gasteiger charge is -2.20. The minimum atomic E-state index is -3.17. The maximum atomic E-state index is 12.3. The van der Waals surface area contributed by atoms with Gasteiger partial charge in [0.2, 0.25) is 0 Å². The number of imide groups is 1. The Labute approximate surface area is 143 Å². The quantitative estimate of drug-likeness (QED) is 0.820. The average Bonchev–Trinajstić information content (AvgIpc) is 2.72. The van der Waals surface area contributed by atoms with Gasteiger partial charge in [0, 0.05) is 6.26 Å². The molecule has 1 aromatic carbocycles. The molecule has 132 valence electrons. The summed E-state index contributed by atoms with van der Waals surface area (Å²) in [7, 11) is -3.17. The van der Waals surface area contributed by atoms with Gasteiger partial charge in [-0.15, -0.1) is 0 Å². The molecule has 0 radical (unpaired) electrons. The van der Waals surface area contributed by atoms with Gasteiger partial charge < -0.3 is 5.32 Å². The van der Waals surface area contributed by atoms with E-state index in [1.165, 1.54) is 5.56 Å². The van der Waals surface area contributed by atoms with Crippen molar-refractivity contribution in [2.24, 2.45) is 0 Å². The molecule has 6 nitrogen and oxygen atoms in total. The molecule has 0 aromatic heterocycles. The second kappa shape index (κ2) is 6.55. The molecule has 1 aliphatic heterocycles. The number of hydrogen-bond donors (Lipinski definition) is 1. The number of benzene rings is 1. The molecule has 0 saturated carbocycles. The maximum Gasteiger partial charge on any atom is 0.325 e. The Hall–Kier alpha value is -1.89. The summed E-state index contributed by atoms with van der Waals surface area (Å²) in [5.74, 6) is -0.499. The van der Waals surface area contributed by atoms with E-state index < -0.39 is 21.9 Å². The van der Waals surface area contributed by atoms with Crippen molar-refractivity contribution in [1.29, 1.82) is 0 Å². The van der Waals surface area contributed by atoms with Crippen LogP contribution in [0.5, 0.6) is 0 Å². The molecule has 0 bridgehead atoms. The van der Waals surface area contributed by atoms with Crippen LogP contribution in [-0.4, -0.2) is 43.3 Å². The van der Waals surface area contributed by atoms with Crippen molar-refractivity contribution in [3.8, 4) is 0 Å². The second-order valence-electron chi connectivity index (χ2n) is 7.29. The van der Waals surface area contributed by atoms with Crippen molar-refractivity contribution in [2.75, 3.05) is 12.0 Å². The van der Waals surface area contributed by atoms with Gasteiger partial charge in [-0.1, -0.05) is 45.0 Å². The Balaban J connectivity index is 2.04. The zero-order valence-corrected chi connectivity index (χ0v) is 15.3. The summed E-state index contributed by atoms with van der Waals surface area (Å²) in [5, 5.41) is 2.56. The van der Waals surface area contributed by atoms with Gasteiger partial charge in [0.15, 0.2) is 0 Å². The lowest BCUT2D eigenvalue weighted by molar-refractivity contribution is -0.127. The number of urea groups is 1. The van der Waals surface area contributed by atoms with Crippen LogP contribution in [0.2, 0.25) is 0 Å². The van der Waals surface area contributed by atoms with Crippen LogP contribution in [0.3, 0.4) is 0 Å². The molecule has 0 spiro atoms. The van der Waals surface area contributed by atoms with Gasteiger partial charge in [-0.3, -0.25) is 9.69 Å². The molecule has 24 heavy (non-hydrogen) atoms. The van der Waals surface area contributed by atoms with E-state index in [9.17, 15) is 18.0 Å². The lowest BCUT2D eigenvalue weighted by atomic mass is 9.87. The van der Waals surface area contributed by atoms with Gasteiger partial charge >= 0.3 is 6.03 Å². The van der Waals surface area contributed by atoms with E-state index >= 15 is 0 Å². The van der Waals surface area contributed by atoms with Gasteiger partial charge in [-0.05, 0) is 23.0 Å². The summed E-state index contributed by atoms with van der Waals surface area (Å²) in [6, 6.07) is 6.57. The largest absolute Gasteiger partial charge is 0.326 e. The highest BCUT2D eigenvalue weighted by Crippen LogP contribution is 2.23. The minimum Gasteiger partial charge on any atom is -0.326 e. The van der Waals surface area contributed by atoms with Crippen molar-refractivity contribution < 1.29 is 18.0 Å². The predicted molar refractivity (Wildman–Crippen MR) is 92.3 cm³/mol. The minimum absolute atomic E-state index is 0.0378.